The zero-order chi connectivity index (χ0) is 11.4. The first-order valence-electron chi connectivity index (χ1n) is 6.06. The third-order valence-electron chi connectivity index (χ3n) is 2.48. The van der Waals surface area contributed by atoms with Gasteiger partial charge in [0.15, 0.2) is 0 Å². The second kappa shape index (κ2) is 12.3. The molecule has 1 atom stereocenters. The van der Waals surface area contributed by atoms with Crippen molar-refractivity contribution in [3.05, 3.63) is 0 Å². The van der Waals surface area contributed by atoms with Gasteiger partial charge in [-0.1, -0.05) is 19.8 Å². The normalized spacial score (nSPS) is 13.0. The molecule has 0 aromatic carbocycles. The van der Waals surface area contributed by atoms with Crippen molar-refractivity contribution in [2.75, 3.05) is 32.3 Å². The van der Waals surface area contributed by atoms with Gasteiger partial charge in [0.1, 0.15) is 0 Å². The third-order valence-corrected chi connectivity index (χ3v) is 3.18. The first kappa shape index (κ1) is 15.3. The van der Waals surface area contributed by atoms with Gasteiger partial charge in [0.2, 0.25) is 0 Å². The number of unbranched alkanes of at least 4 members (excludes halogenated alkanes) is 2. The van der Waals surface area contributed by atoms with Gasteiger partial charge in [-0.15, -0.1) is 0 Å². The maximum absolute atomic E-state index is 5.21. The van der Waals surface area contributed by atoms with Crippen molar-refractivity contribution in [3.8, 4) is 0 Å². The molecule has 15 heavy (non-hydrogen) atoms. The molecule has 1 N–H and O–H groups in total. The van der Waals surface area contributed by atoms with Crippen molar-refractivity contribution >= 4 is 11.8 Å². The molecule has 0 spiro atoms. The molecule has 3 heteroatoms. The van der Waals surface area contributed by atoms with Crippen LogP contribution in [0.5, 0.6) is 0 Å². The summed E-state index contributed by atoms with van der Waals surface area (Å²) in [6, 6.07) is 0.559. The number of methoxy groups -OCH3 is 1. The predicted octanol–water partition coefficient (Wildman–Crippen LogP) is 2.92. The summed E-state index contributed by atoms with van der Waals surface area (Å²) in [5.74, 6) is 1.28. The average Bonchev–Trinajstić information content (AvgIpc) is 2.25. The van der Waals surface area contributed by atoms with Crippen LogP contribution in [-0.2, 0) is 4.74 Å². The van der Waals surface area contributed by atoms with Gasteiger partial charge in [0.25, 0.3) is 0 Å². The number of ether oxygens (including phenoxy) is 1. The summed E-state index contributed by atoms with van der Waals surface area (Å²) in [7, 11) is 1.79. The molecule has 0 saturated carbocycles. The van der Waals surface area contributed by atoms with E-state index in [-0.39, 0.29) is 0 Å². The van der Waals surface area contributed by atoms with Crippen LogP contribution in [-0.4, -0.2) is 38.3 Å². The quantitative estimate of drug-likeness (QED) is 0.554. The Morgan fingerprint density at radius 3 is 2.67 bits per heavy atom. The first-order valence-corrected chi connectivity index (χ1v) is 7.45. The minimum atomic E-state index is 0.559. The highest BCUT2D eigenvalue weighted by atomic mass is 32.2. The van der Waals surface area contributed by atoms with Gasteiger partial charge in [-0.25, -0.2) is 0 Å². The molecule has 0 amide bonds. The van der Waals surface area contributed by atoms with Crippen LogP contribution in [0.1, 0.15) is 39.0 Å². The molecular weight excluding hydrogens is 206 g/mol. The van der Waals surface area contributed by atoms with Crippen LogP contribution in [0.2, 0.25) is 0 Å². The fourth-order valence-corrected chi connectivity index (χ4v) is 2.07. The SMILES string of the molecule is CCCCC(COC)NCCCCSC. The molecule has 0 aromatic rings. The molecular formula is C12H27NOS. The van der Waals surface area contributed by atoms with Gasteiger partial charge in [-0.3, -0.25) is 0 Å². The van der Waals surface area contributed by atoms with Crippen molar-refractivity contribution < 1.29 is 4.74 Å². The van der Waals surface area contributed by atoms with E-state index in [0.717, 1.165) is 13.2 Å². The highest BCUT2D eigenvalue weighted by molar-refractivity contribution is 7.98. The van der Waals surface area contributed by atoms with Gasteiger partial charge in [0.05, 0.1) is 6.61 Å². The van der Waals surface area contributed by atoms with E-state index in [2.05, 4.69) is 18.5 Å². The summed E-state index contributed by atoms with van der Waals surface area (Å²) in [5.41, 5.74) is 0. The molecule has 0 aliphatic carbocycles. The predicted molar refractivity (Wildman–Crippen MR) is 70.8 cm³/mol. The topological polar surface area (TPSA) is 21.3 Å². The van der Waals surface area contributed by atoms with Gasteiger partial charge in [-0.05, 0) is 37.8 Å². The van der Waals surface area contributed by atoms with Crippen molar-refractivity contribution in [1.29, 1.82) is 0 Å². The van der Waals surface area contributed by atoms with Crippen LogP contribution in [0, 0.1) is 0 Å². The fourth-order valence-electron chi connectivity index (χ4n) is 1.57. The lowest BCUT2D eigenvalue weighted by molar-refractivity contribution is 0.161. The zero-order valence-electron chi connectivity index (χ0n) is 10.6. The Hall–Kier alpha value is 0.270. The van der Waals surface area contributed by atoms with Gasteiger partial charge in [0, 0.05) is 13.2 Å². The van der Waals surface area contributed by atoms with Crippen LogP contribution in [0.3, 0.4) is 0 Å². The van der Waals surface area contributed by atoms with Crippen LogP contribution in [0.15, 0.2) is 0 Å². The molecule has 2 nitrogen and oxygen atoms in total. The van der Waals surface area contributed by atoms with E-state index >= 15 is 0 Å². The Bertz CT molecular complexity index is 122. The van der Waals surface area contributed by atoms with Gasteiger partial charge >= 0.3 is 0 Å². The second-order valence-corrected chi connectivity index (χ2v) is 4.93. The molecule has 0 aliphatic heterocycles. The van der Waals surface area contributed by atoms with E-state index in [1.807, 2.05) is 11.8 Å². The van der Waals surface area contributed by atoms with Crippen molar-refractivity contribution in [3.63, 3.8) is 0 Å². The molecule has 0 radical (unpaired) electrons. The molecule has 0 rings (SSSR count). The zero-order valence-corrected chi connectivity index (χ0v) is 11.4. The van der Waals surface area contributed by atoms with E-state index in [9.17, 15) is 0 Å². The highest BCUT2D eigenvalue weighted by Gasteiger charge is 2.05. The van der Waals surface area contributed by atoms with E-state index < -0.39 is 0 Å². The molecule has 0 fully saturated rings. The Morgan fingerprint density at radius 1 is 1.27 bits per heavy atom. The van der Waals surface area contributed by atoms with Crippen LogP contribution >= 0.6 is 11.8 Å². The standard InChI is InChI=1S/C12H27NOS/c1-4-5-8-12(11-14-2)13-9-6-7-10-15-3/h12-13H,4-11H2,1-3H3. The molecule has 0 saturated heterocycles. The lowest BCUT2D eigenvalue weighted by Crippen LogP contribution is -2.33. The molecule has 0 bridgehead atoms. The number of hydrogen-bond acceptors (Lipinski definition) is 3. The minimum Gasteiger partial charge on any atom is -0.383 e. The van der Waals surface area contributed by atoms with E-state index in [1.165, 1.54) is 37.9 Å². The smallest absolute Gasteiger partial charge is 0.0615 e. The molecule has 0 heterocycles. The summed E-state index contributed by atoms with van der Waals surface area (Å²) in [5, 5.41) is 3.58. The Labute approximate surface area is 99.5 Å². The maximum atomic E-state index is 5.21. The number of thioether (sulfide) groups is 1. The Balaban J connectivity index is 3.38. The highest BCUT2D eigenvalue weighted by Crippen LogP contribution is 2.02. The summed E-state index contributed by atoms with van der Waals surface area (Å²) in [4.78, 5) is 0. The summed E-state index contributed by atoms with van der Waals surface area (Å²) >= 11 is 1.93. The average molecular weight is 233 g/mol. The fraction of sp³-hybridized carbons (Fsp3) is 1.00. The number of rotatable bonds is 11. The Morgan fingerprint density at radius 2 is 2.07 bits per heavy atom. The lowest BCUT2D eigenvalue weighted by atomic mass is 10.1. The van der Waals surface area contributed by atoms with E-state index in [0.29, 0.717) is 6.04 Å². The first-order chi connectivity index (χ1) is 7.35. The lowest BCUT2D eigenvalue weighted by Gasteiger charge is -2.17. The Kier molecular flexibility index (Phi) is 12.6. The summed E-state index contributed by atoms with van der Waals surface area (Å²) in [6.45, 7) is 4.23. The van der Waals surface area contributed by atoms with Crippen molar-refractivity contribution in [1.82, 2.24) is 5.32 Å². The van der Waals surface area contributed by atoms with Gasteiger partial charge < -0.3 is 10.1 Å². The van der Waals surface area contributed by atoms with E-state index in [4.69, 9.17) is 4.74 Å². The van der Waals surface area contributed by atoms with E-state index in [1.54, 1.807) is 7.11 Å². The summed E-state index contributed by atoms with van der Waals surface area (Å²) in [6.07, 6.45) is 8.59. The monoisotopic (exact) mass is 233 g/mol. The van der Waals surface area contributed by atoms with Crippen LogP contribution in [0.25, 0.3) is 0 Å². The number of hydrogen-bond donors (Lipinski definition) is 1. The molecule has 1 unspecified atom stereocenters. The van der Waals surface area contributed by atoms with Gasteiger partial charge in [-0.2, -0.15) is 11.8 Å². The van der Waals surface area contributed by atoms with Crippen molar-refractivity contribution in [2.24, 2.45) is 0 Å². The van der Waals surface area contributed by atoms with Crippen LogP contribution < -0.4 is 5.32 Å². The van der Waals surface area contributed by atoms with Crippen LogP contribution in [0.4, 0.5) is 0 Å². The van der Waals surface area contributed by atoms with Crippen molar-refractivity contribution in [2.45, 2.75) is 45.1 Å². The second-order valence-electron chi connectivity index (χ2n) is 3.95. The molecule has 0 aliphatic rings. The summed E-state index contributed by atoms with van der Waals surface area (Å²) < 4.78 is 5.21. The third kappa shape index (κ3) is 10.6. The maximum Gasteiger partial charge on any atom is 0.0615 e. The molecule has 0 aromatic heterocycles. The molecule has 92 valence electrons. The number of nitrogens with one attached hydrogen (secondary N) is 1. The largest absolute Gasteiger partial charge is 0.383 e. The minimum absolute atomic E-state index is 0.559.